The Hall–Kier alpha value is -3.44. The molecule has 0 radical (unpaired) electrons. The van der Waals surface area contributed by atoms with Gasteiger partial charge in [0.05, 0.1) is 23.2 Å². The Labute approximate surface area is 181 Å². The molecule has 0 aliphatic rings. The largest absolute Gasteiger partial charge is 0.478 e. The maximum Gasteiger partial charge on any atom is 0.336 e. The van der Waals surface area contributed by atoms with Crippen LogP contribution in [0.15, 0.2) is 66.7 Å². The van der Waals surface area contributed by atoms with Gasteiger partial charge in [0, 0.05) is 13.0 Å². The van der Waals surface area contributed by atoms with Crippen molar-refractivity contribution in [2.24, 2.45) is 0 Å². The first-order valence-corrected chi connectivity index (χ1v) is 10.6. The number of imidazole rings is 1. The summed E-state index contributed by atoms with van der Waals surface area (Å²) in [6.45, 7) is 2.72. The molecule has 0 amide bonds. The van der Waals surface area contributed by atoms with E-state index < -0.39 is 5.97 Å². The van der Waals surface area contributed by atoms with Crippen molar-refractivity contribution in [3.8, 4) is 11.1 Å². The average Bonchev–Trinajstić information content (AvgIpc) is 3.14. The summed E-state index contributed by atoms with van der Waals surface area (Å²) < 4.78 is 2.20. The van der Waals surface area contributed by atoms with Crippen LogP contribution in [0.2, 0.25) is 0 Å². The summed E-state index contributed by atoms with van der Waals surface area (Å²) in [6.07, 6.45) is 2.99. The SMILES string of the molecule is CCCCc1nc2ccc(CO)cc2n1Cc1ccccc1-c1ccccc1C(=O)O. The molecule has 158 valence electrons. The fraction of sp³-hybridized carbons (Fsp3) is 0.231. The molecule has 0 aliphatic carbocycles. The van der Waals surface area contributed by atoms with Gasteiger partial charge in [0.2, 0.25) is 0 Å². The van der Waals surface area contributed by atoms with Gasteiger partial charge in [0.15, 0.2) is 0 Å². The van der Waals surface area contributed by atoms with Gasteiger partial charge in [-0.25, -0.2) is 9.78 Å². The molecule has 0 saturated carbocycles. The molecule has 0 unspecified atom stereocenters. The molecule has 0 bridgehead atoms. The molecule has 5 nitrogen and oxygen atoms in total. The first-order chi connectivity index (χ1) is 15.1. The van der Waals surface area contributed by atoms with Gasteiger partial charge in [0.1, 0.15) is 5.82 Å². The maximum atomic E-state index is 11.8. The molecule has 0 aliphatic heterocycles. The van der Waals surface area contributed by atoms with E-state index in [2.05, 4.69) is 11.5 Å². The molecule has 4 aromatic rings. The van der Waals surface area contributed by atoms with Crippen molar-refractivity contribution in [3.05, 3.63) is 89.2 Å². The summed E-state index contributed by atoms with van der Waals surface area (Å²) in [4.78, 5) is 16.7. The molecule has 31 heavy (non-hydrogen) atoms. The normalized spacial score (nSPS) is 11.2. The molecule has 2 N–H and O–H groups in total. The summed E-state index contributed by atoms with van der Waals surface area (Å²) in [5, 5.41) is 19.3. The number of aryl methyl sites for hydroxylation is 1. The molecule has 0 saturated heterocycles. The standard InChI is InChI=1S/C26H26N2O3/c1-2-3-12-25-27-23-14-13-18(17-29)15-24(23)28(25)16-19-8-4-5-9-20(19)21-10-6-7-11-22(21)26(30)31/h4-11,13-15,29H,2-3,12,16-17H2,1H3,(H,30,31). The van der Waals surface area contributed by atoms with Crippen molar-refractivity contribution in [2.75, 3.05) is 0 Å². The molecule has 4 rings (SSSR count). The fourth-order valence-electron chi connectivity index (χ4n) is 4.01. The molecule has 1 aromatic heterocycles. The van der Waals surface area contributed by atoms with E-state index in [1.165, 1.54) is 0 Å². The van der Waals surface area contributed by atoms with E-state index in [0.29, 0.717) is 17.7 Å². The van der Waals surface area contributed by atoms with E-state index in [1.807, 2.05) is 54.6 Å². The van der Waals surface area contributed by atoms with Gasteiger partial charge in [-0.05, 0) is 46.9 Å². The fourth-order valence-corrected chi connectivity index (χ4v) is 4.01. The lowest BCUT2D eigenvalue weighted by molar-refractivity contribution is 0.0697. The van der Waals surface area contributed by atoms with E-state index in [-0.39, 0.29) is 6.61 Å². The lowest BCUT2D eigenvalue weighted by atomic mass is 9.95. The number of unbranched alkanes of at least 4 members (excludes halogenated alkanes) is 1. The topological polar surface area (TPSA) is 75.4 Å². The minimum Gasteiger partial charge on any atom is -0.478 e. The number of carboxylic acid groups (broad SMARTS) is 1. The molecule has 0 fully saturated rings. The Morgan fingerprint density at radius 3 is 2.48 bits per heavy atom. The number of fused-ring (bicyclic) bond motifs is 1. The van der Waals surface area contributed by atoms with Crippen molar-refractivity contribution < 1.29 is 15.0 Å². The number of aromatic carboxylic acids is 1. The zero-order chi connectivity index (χ0) is 21.8. The molecular weight excluding hydrogens is 388 g/mol. The second-order valence-corrected chi connectivity index (χ2v) is 7.71. The van der Waals surface area contributed by atoms with Crippen molar-refractivity contribution >= 4 is 17.0 Å². The van der Waals surface area contributed by atoms with E-state index in [1.54, 1.807) is 12.1 Å². The summed E-state index contributed by atoms with van der Waals surface area (Å²) in [5.74, 6) is 0.0722. The highest BCUT2D eigenvalue weighted by Gasteiger charge is 2.17. The number of hydrogen-bond donors (Lipinski definition) is 2. The smallest absolute Gasteiger partial charge is 0.336 e. The minimum atomic E-state index is -0.935. The zero-order valence-electron chi connectivity index (χ0n) is 17.6. The Bertz CT molecular complexity index is 1230. The number of aromatic nitrogens is 2. The van der Waals surface area contributed by atoms with Crippen LogP contribution in [0, 0.1) is 0 Å². The predicted molar refractivity (Wildman–Crippen MR) is 122 cm³/mol. The molecule has 0 atom stereocenters. The predicted octanol–water partition coefficient (Wildman–Crippen LogP) is 5.28. The third-order valence-electron chi connectivity index (χ3n) is 5.62. The summed E-state index contributed by atoms with van der Waals surface area (Å²) in [5.41, 5.74) is 5.68. The highest BCUT2D eigenvalue weighted by molar-refractivity contribution is 5.96. The second kappa shape index (κ2) is 9.14. The van der Waals surface area contributed by atoms with Crippen LogP contribution < -0.4 is 0 Å². The van der Waals surface area contributed by atoms with Gasteiger partial charge in [-0.2, -0.15) is 0 Å². The number of carbonyl (C=O) groups is 1. The zero-order valence-corrected chi connectivity index (χ0v) is 17.6. The van der Waals surface area contributed by atoms with Gasteiger partial charge in [-0.1, -0.05) is 61.9 Å². The Balaban J connectivity index is 1.85. The van der Waals surface area contributed by atoms with Crippen LogP contribution in [-0.4, -0.2) is 25.7 Å². The van der Waals surface area contributed by atoms with E-state index in [9.17, 15) is 15.0 Å². The number of hydrogen-bond acceptors (Lipinski definition) is 3. The Morgan fingerprint density at radius 1 is 1.00 bits per heavy atom. The molecule has 3 aromatic carbocycles. The minimum absolute atomic E-state index is 0.0199. The first-order valence-electron chi connectivity index (χ1n) is 10.6. The Morgan fingerprint density at radius 2 is 1.74 bits per heavy atom. The van der Waals surface area contributed by atoms with E-state index in [0.717, 1.165) is 52.8 Å². The number of carboxylic acids is 1. The maximum absolute atomic E-state index is 11.8. The molecular formula is C26H26N2O3. The van der Waals surface area contributed by atoms with Crippen molar-refractivity contribution in [3.63, 3.8) is 0 Å². The third-order valence-corrected chi connectivity index (χ3v) is 5.62. The number of nitrogens with zero attached hydrogens (tertiary/aromatic N) is 2. The van der Waals surface area contributed by atoms with E-state index in [4.69, 9.17) is 4.98 Å². The molecule has 5 heteroatoms. The van der Waals surface area contributed by atoms with E-state index >= 15 is 0 Å². The number of rotatable bonds is 8. The summed E-state index contributed by atoms with van der Waals surface area (Å²) in [7, 11) is 0. The number of benzene rings is 3. The summed E-state index contributed by atoms with van der Waals surface area (Å²) in [6, 6.07) is 20.9. The van der Waals surface area contributed by atoms with Crippen LogP contribution in [0.3, 0.4) is 0 Å². The van der Waals surface area contributed by atoms with Gasteiger partial charge in [-0.3, -0.25) is 0 Å². The number of aliphatic hydroxyl groups is 1. The lowest BCUT2D eigenvalue weighted by Gasteiger charge is -2.15. The van der Waals surface area contributed by atoms with Gasteiger partial charge >= 0.3 is 5.97 Å². The van der Waals surface area contributed by atoms with Crippen LogP contribution in [0.4, 0.5) is 0 Å². The second-order valence-electron chi connectivity index (χ2n) is 7.71. The average molecular weight is 415 g/mol. The van der Waals surface area contributed by atoms with Crippen molar-refractivity contribution in [2.45, 2.75) is 39.3 Å². The third kappa shape index (κ3) is 4.23. The lowest BCUT2D eigenvalue weighted by Crippen LogP contribution is -2.08. The van der Waals surface area contributed by atoms with Crippen LogP contribution in [0.5, 0.6) is 0 Å². The van der Waals surface area contributed by atoms with Crippen LogP contribution >= 0.6 is 0 Å². The quantitative estimate of drug-likeness (QED) is 0.411. The summed E-state index contributed by atoms with van der Waals surface area (Å²) >= 11 is 0. The van der Waals surface area contributed by atoms with Gasteiger partial charge in [0.25, 0.3) is 0 Å². The number of aliphatic hydroxyl groups excluding tert-OH is 1. The monoisotopic (exact) mass is 414 g/mol. The molecule has 1 heterocycles. The van der Waals surface area contributed by atoms with Crippen LogP contribution in [-0.2, 0) is 19.6 Å². The Kier molecular flexibility index (Phi) is 6.14. The van der Waals surface area contributed by atoms with Gasteiger partial charge in [-0.15, -0.1) is 0 Å². The first kappa shape index (κ1) is 20.8. The van der Waals surface area contributed by atoms with Crippen LogP contribution in [0.1, 0.15) is 47.1 Å². The highest BCUT2D eigenvalue weighted by atomic mass is 16.4. The molecule has 0 spiro atoms. The van der Waals surface area contributed by atoms with Crippen LogP contribution in [0.25, 0.3) is 22.2 Å². The highest BCUT2D eigenvalue weighted by Crippen LogP contribution is 2.29. The van der Waals surface area contributed by atoms with Crippen molar-refractivity contribution in [1.82, 2.24) is 9.55 Å². The van der Waals surface area contributed by atoms with Gasteiger partial charge < -0.3 is 14.8 Å². The van der Waals surface area contributed by atoms with Crippen molar-refractivity contribution in [1.29, 1.82) is 0 Å².